The molecule has 0 saturated heterocycles. The average Bonchev–Trinajstić information content (AvgIpc) is 2.93. The number of aryl methyl sites for hydroxylation is 3. The highest BCUT2D eigenvalue weighted by Gasteiger charge is 2.14. The third-order valence-corrected chi connectivity index (χ3v) is 4.44. The van der Waals surface area contributed by atoms with E-state index in [1.54, 1.807) is 0 Å². The largest absolute Gasteiger partial charge is 0.298 e. The van der Waals surface area contributed by atoms with Gasteiger partial charge in [0.15, 0.2) is 5.13 Å². The number of aromatic nitrogens is 2. The van der Waals surface area contributed by atoms with Crippen LogP contribution in [-0.4, -0.2) is 15.9 Å². The normalized spacial score (nSPS) is 10.8. The Hall–Kier alpha value is -2.67. The standard InChI is InChI=1S/C18H15F2N3OS/c1-9-4-10(2)16(11(3)5-9)13-8-25-18(21-13)23-17(24)12-6-14(19)22-15(20)7-12/h4-8H,1-3H3,(H,21,23,24). The molecule has 1 amide bonds. The Labute approximate surface area is 147 Å². The molecule has 1 aromatic carbocycles. The van der Waals surface area contributed by atoms with Gasteiger partial charge in [0.1, 0.15) is 0 Å². The molecule has 0 aliphatic heterocycles. The van der Waals surface area contributed by atoms with Crippen LogP contribution in [0.3, 0.4) is 0 Å². The second-order valence-electron chi connectivity index (χ2n) is 5.77. The topological polar surface area (TPSA) is 54.9 Å². The van der Waals surface area contributed by atoms with Crippen LogP contribution in [0.25, 0.3) is 11.3 Å². The van der Waals surface area contributed by atoms with E-state index in [4.69, 9.17) is 0 Å². The fourth-order valence-electron chi connectivity index (χ4n) is 2.80. The number of nitrogens with one attached hydrogen (secondary N) is 1. The Balaban J connectivity index is 1.86. The third-order valence-electron chi connectivity index (χ3n) is 3.68. The van der Waals surface area contributed by atoms with E-state index in [1.165, 1.54) is 16.9 Å². The van der Waals surface area contributed by atoms with Crippen LogP contribution < -0.4 is 5.32 Å². The summed E-state index contributed by atoms with van der Waals surface area (Å²) in [6, 6.07) is 5.90. The van der Waals surface area contributed by atoms with Gasteiger partial charge in [-0.2, -0.15) is 13.8 Å². The van der Waals surface area contributed by atoms with Crippen LogP contribution in [0.2, 0.25) is 0 Å². The van der Waals surface area contributed by atoms with Crippen molar-refractivity contribution in [2.45, 2.75) is 20.8 Å². The number of hydrogen-bond acceptors (Lipinski definition) is 4. The van der Waals surface area contributed by atoms with Gasteiger partial charge in [-0.1, -0.05) is 17.7 Å². The van der Waals surface area contributed by atoms with Gasteiger partial charge >= 0.3 is 0 Å². The van der Waals surface area contributed by atoms with Crippen LogP contribution in [0.5, 0.6) is 0 Å². The van der Waals surface area contributed by atoms with Crippen molar-refractivity contribution in [3.63, 3.8) is 0 Å². The van der Waals surface area contributed by atoms with Gasteiger partial charge < -0.3 is 0 Å². The maximum absolute atomic E-state index is 13.1. The van der Waals surface area contributed by atoms with E-state index in [9.17, 15) is 13.6 Å². The van der Waals surface area contributed by atoms with Gasteiger partial charge in [0.2, 0.25) is 11.9 Å². The first-order chi connectivity index (χ1) is 11.8. The lowest BCUT2D eigenvalue weighted by molar-refractivity contribution is 0.102. The lowest BCUT2D eigenvalue weighted by Crippen LogP contribution is -2.13. The van der Waals surface area contributed by atoms with E-state index >= 15 is 0 Å². The van der Waals surface area contributed by atoms with Crippen LogP contribution in [0.1, 0.15) is 27.0 Å². The molecule has 25 heavy (non-hydrogen) atoms. The molecule has 2 heterocycles. The summed E-state index contributed by atoms with van der Waals surface area (Å²) in [6.07, 6.45) is 0. The lowest BCUT2D eigenvalue weighted by atomic mass is 9.98. The summed E-state index contributed by atoms with van der Waals surface area (Å²) in [5.74, 6) is -2.73. The molecule has 2 aromatic heterocycles. The average molecular weight is 359 g/mol. The van der Waals surface area contributed by atoms with Crippen molar-refractivity contribution in [3.8, 4) is 11.3 Å². The first-order valence-corrected chi connectivity index (χ1v) is 8.39. The molecule has 0 unspecified atom stereocenters. The molecular weight excluding hydrogens is 344 g/mol. The number of amides is 1. The zero-order valence-electron chi connectivity index (χ0n) is 13.9. The second-order valence-corrected chi connectivity index (χ2v) is 6.63. The van der Waals surface area contributed by atoms with Gasteiger partial charge in [0.25, 0.3) is 5.91 Å². The summed E-state index contributed by atoms with van der Waals surface area (Å²) in [5.41, 5.74) is 4.98. The first-order valence-electron chi connectivity index (χ1n) is 7.51. The summed E-state index contributed by atoms with van der Waals surface area (Å²) in [6.45, 7) is 6.05. The molecular formula is C18H15F2N3OS. The Morgan fingerprint density at radius 1 is 1.00 bits per heavy atom. The van der Waals surface area contributed by atoms with Crippen LogP contribution in [-0.2, 0) is 0 Å². The number of nitrogens with zero attached hydrogens (tertiary/aromatic N) is 2. The van der Waals surface area contributed by atoms with Gasteiger partial charge in [-0.25, -0.2) is 4.98 Å². The Bertz CT molecular complexity index is 925. The Morgan fingerprint density at radius 2 is 1.60 bits per heavy atom. The molecule has 0 saturated carbocycles. The van der Waals surface area contributed by atoms with E-state index in [0.717, 1.165) is 34.5 Å². The van der Waals surface area contributed by atoms with Crippen molar-refractivity contribution in [2.24, 2.45) is 0 Å². The fraction of sp³-hybridized carbons (Fsp3) is 0.167. The molecule has 128 valence electrons. The summed E-state index contributed by atoms with van der Waals surface area (Å²) in [5, 5.41) is 4.76. The van der Waals surface area contributed by atoms with Crippen molar-refractivity contribution in [2.75, 3.05) is 5.32 Å². The SMILES string of the molecule is Cc1cc(C)c(-c2csc(NC(=O)c3cc(F)nc(F)c3)n2)c(C)c1. The minimum absolute atomic E-state index is 0.149. The number of anilines is 1. The van der Waals surface area contributed by atoms with E-state index in [0.29, 0.717) is 5.13 Å². The molecule has 0 bridgehead atoms. The van der Waals surface area contributed by atoms with Crippen LogP contribution >= 0.6 is 11.3 Å². The molecule has 0 aliphatic carbocycles. The number of thiazole rings is 1. The molecule has 0 fully saturated rings. The zero-order valence-corrected chi connectivity index (χ0v) is 14.7. The summed E-state index contributed by atoms with van der Waals surface area (Å²) < 4.78 is 26.3. The highest BCUT2D eigenvalue weighted by molar-refractivity contribution is 7.14. The third kappa shape index (κ3) is 3.71. The number of pyridine rings is 1. The Kier molecular flexibility index (Phi) is 4.59. The molecule has 7 heteroatoms. The van der Waals surface area contributed by atoms with Crippen molar-refractivity contribution >= 4 is 22.4 Å². The fourth-order valence-corrected chi connectivity index (χ4v) is 3.49. The number of rotatable bonds is 3. The van der Waals surface area contributed by atoms with Gasteiger partial charge in [0, 0.05) is 28.6 Å². The molecule has 3 rings (SSSR count). The molecule has 4 nitrogen and oxygen atoms in total. The minimum atomic E-state index is -1.05. The number of benzene rings is 1. The first kappa shape index (κ1) is 17.2. The Morgan fingerprint density at radius 3 is 2.20 bits per heavy atom. The molecule has 3 aromatic rings. The monoisotopic (exact) mass is 359 g/mol. The number of carbonyl (C=O) groups excluding carboxylic acids is 1. The van der Waals surface area contributed by atoms with Crippen LogP contribution in [0.15, 0.2) is 29.6 Å². The maximum Gasteiger partial charge on any atom is 0.257 e. The summed E-state index contributed by atoms with van der Waals surface area (Å²) >= 11 is 1.25. The molecule has 0 aliphatic rings. The van der Waals surface area contributed by atoms with Gasteiger partial charge in [-0.05, 0) is 31.9 Å². The minimum Gasteiger partial charge on any atom is -0.298 e. The number of carbonyl (C=O) groups is 1. The van der Waals surface area contributed by atoms with E-state index in [2.05, 4.69) is 27.4 Å². The van der Waals surface area contributed by atoms with Crippen molar-refractivity contribution < 1.29 is 13.6 Å². The highest BCUT2D eigenvalue weighted by Crippen LogP contribution is 2.31. The second kappa shape index (κ2) is 6.68. The summed E-state index contributed by atoms with van der Waals surface area (Å²) in [7, 11) is 0. The number of halogens is 2. The quantitative estimate of drug-likeness (QED) is 0.692. The van der Waals surface area contributed by atoms with Gasteiger partial charge in [0.05, 0.1) is 5.69 Å². The van der Waals surface area contributed by atoms with Crippen molar-refractivity contribution in [1.29, 1.82) is 0 Å². The molecule has 0 radical (unpaired) electrons. The predicted octanol–water partition coefficient (Wildman–Crippen LogP) is 4.66. The van der Waals surface area contributed by atoms with Crippen LogP contribution in [0.4, 0.5) is 13.9 Å². The van der Waals surface area contributed by atoms with Crippen LogP contribution in [0, 0.1) is 32.7 Å². The highest BCUT2D eigenvalue weighted by atomic mass is 32.1. The zero-order chi connectivity index (χ0) is 18.1. The molecule has 0 atom stereocenters. The lowest BCUT2D eigenvalue weighted by Gasteiger charge is -2.08. The molecule has 0 spiro atoms. The predicted molar refractivity (Wildman–Crippen MR) is 93.9 cm³/mol. The van der Waals surface area contributed by atoms with E-state index in [1.807, 2.05) is 26.2 Å². The van der Waals surface area contributed by atoms with E-state index in [-0.39, 0.29) is 5.56 Å². The van der Waals surface area contributed by atoms with Crippen molar-refractivity contribution in [1.82, 2.24) is 9.97 Å². The number of hydrogen-bond donors (Lipinski definition) is 1. The van der Waals surface area contributed by atoms with Gasteiger partial charge in [-0.15, -0.1) is 11.3 Å². The van der Waals surface area contributed by atoms with E-state index < -0.39 is 17.8 Å². The maximum atomic E-state index is 13.1. The van der Waals surface area contributed by atoms with Crippen molar-refractivity contribution in [3.05, 3.63) is 63.8 Å². The van der Waals surface area contributed by atoms with Gasteiger partial charge in [-0.3, -0.25) is 10.1 Å². The summed E-state index contributed by atoms with van der Waals surface area (Å²) in [4.78, 5) is 19.5. The smallest absolute Gasteiger partial charge is 0.257 e. The molecule has 1 N–H and O–H groups in total.